The molecule has 0 aromatic heterocycles. The summed E-state index contributed by atoms with van der Waals surface area (Å²) in [7, 11) is 0. The summed E-state index contributed by atoms with van der Waals surface area (Å²) in [6.45, 7) is 1.20. The number of halogens is 1. The Morgan fingerprint density at radius 3 is 2.52 bits per heavy atom. The van der Waals surface area contributed by atoms with Crippen molar-refractivity contribution in [1.82, 2.24) is 10.2 Å². The highest BCUT2D eigenvalue weighted by Crippen LogP contribution is 2.13. The number of carbonyl (C=O) groups is 2. The van der Waals surface area contributed by atoms with Crippen LogP contribution in [-0.2, 0) is 16.0 Å². The fourth-order valence-corrected chi connectivity index (χ4v) is 2.79. The number of benzene rings is 1. The molecule has 0 unspecified atom stereocenters. The Morgan fingerprint density at radius 1 is 1.26 bits per heavy atom. The number of carbonyl (C=O) groups excluding carboxylic acids is 2. The van der Waals surface area contributed by atoms with Crippen LogP contribution in [0.5, 0.6) is 0 Å². The average molecular weight is 334 g/mol. The minimum atomic E-state index is -0.125. The Bertz CT molecular complexity index is 587. The van der Waals surface area contributed by atoms with Crippen LogP contribution in [0.4, 0.5) is 0 Å². The Kier molecular flexibility index (Phi) is 6.42. The Morgan fingerprint density at radius 2 is 1.91 bits per heavy atom. The van der Waals surface area contributed by atoms with E-state index in [4.69, 9.17) is 16.9 Å². The van der Waals surface area contributed by atoms with Crippen molar-refractivity contribution in [2.75, 3.05) is 13.1 Å². The molecule has 23 heavy (non-hydrogen) atoms. The molecule has 2 amide bonds. The lowest BCUT2D eigenvalue weighted by atomic mass is 10.0. The molecule has 1 saturated heterocycles. The summed E-state index contributed by atoms with van der Waals surface area (Å²) in [5.41, 5.74) is 1.08. The molecular formula is C17H20ClN3O2. The number of rotatable bonds is 5. The first kappa shape index (κ1) is 17.3. The first-order valence-corrected chi connectivity index (χ1v) is 8.15. The van der Waals surface area contributed by atoms with Crippen LogP contribution >= 0.6 is 11.6 Å². The summed E-state index contributed by atoms with van der Waals surface area (Å²) < 4.78 is 0. The standard InChI is InChI=1S/C17H20ClN3O2/c18-14-4-1-13(2-5-14)3-6-16(22)20-15-8-11-21(12-9-15)17(23)7-10-19/h1-2,4-5,15H,3,6-9,11-12H2,(H,20,22). The average Bonchev–Trinajstić information content (AvgIpc) is 2.55. The maximum atomic E-state index is 12.0. The van der Waals surface area contributed by atoms with Gasteiger partial charge in [-0.3, -0.25) is 9.59 Å². The maximum Gasteiger partial charge on any atom is 0.236 e. The highest BCUT2D eigenvalue weighted by atomic mass is 35.5. The Labute approximate surface area is 141 Å². The number of hydrogen-bond acceptors (Lipinski definition) is 3. The van der Waals surface area contributed by atoms with Crippen LogP contribution in [0, 0.1) is 11.3 Å². The minimum absolute atomic E-state index is 0.0294. The zero-order chi connectivity index (χ0) is 16.7. The lowest BCUT2D eigenvalue weighted by Crippen LogP contribution is -2.46. The first-order chi connectivity index (χ1) is 11.1. The third-order valence-electron chi connectivity index (χ3n) is 4.00. The zero-order valence-corrected chi connectivity index (χ0v) is 13.7. The summed E-state index contributed by atoms with van der Waals surface area (Å²) in [5, 5.41) is 12.3. The first-order valence-electron chi connectivity index (χ1n) is 7.77. The van der Waals surface area contributed by atoms with E-state index in [2.05, 4.69) is 5.32 Å². The van der Waals surface area contributed by atoms with Gasteiger partial charge in [0.25, 0.3) is 0 Å². The molecule has 1 aromatic carbocycles. The summed E-state index contributed by atoms with van der Waals surface area (Å²) in [6, 6.07) is 9.48. The van der Waals surface area contributed by atoms with Crippen molar-refractivity contribution in [2.45, 2.75) is 38.1 Å². The van der Waals surface area contributed by atoms with Crippen LogP contribution in [0.2, 0.25) is 5.02 Å². The Balaban J connectivity index is 1.69. The molecule has 0 saturated carbocycles. The van der Waals surface area contributed by atoms with Crippen LogP contribution in [0.1, 0.15) is 31.2 Å². The lowest BCUT2D eigenvalue weighted by molar-refractivity contribution is -0.131. The highest BCUT2D eigenvalue weighted by Gasteiger charge is 2.23. The summed E-state index contributed by atoms with van der Waals surface area (Å²) in [4.78, 5) is 25.3. The van der Waals surface area contributed by atoms with Crippen molar-refractivity contribution in [3.8, 4) is 6.07 Å². The van der Waals surface area contributed by atoms with E-state index in [1.165, 1.54) is 0 Å². The second-order valence-electron chi connectivity index (χ2n) is 5.68. The number of hydrogen-bond donors (Lipinski definition) is 1. The van der Waals surface area contributed by atoms with Crippen LogP contribution in [0.3, 0.4) is 0 Å². The van der Waals surface area contributed by atoms with Gasteiger partial charge in [0.15, 0.2) is 0 Å². The normalized spacial score (nSPS) is 15.0. The zero-order valence-electron chi connectivity index (χ0n) is 12.9. The predicted molar refractivity (Wildman–Crippen MR) is 87.7 cm³/mol. The molecule has 122 valence electrons. The van der Waals surface area contributed by atoms with E-state index < -0.39 is 0 Å². The molecule has 0 atom stereocenters. The molecule has 0 aliphatic carbocycles. The van der Waals surface area contributed by atoms with E-state index in [1.54, 1.807) is 4.90 Å². The van der Waals surface area contributed by atoms with Gasteiger partial charge in [0.1, 0.15) is 6.42 Å². The van der Waals surface area contributed by atoms with Gasteiger partial charge in [0.05, 0.1) is 6.07 Å². The molecule has 6 heteroatoms. The molecule has 5 nitrogen and oxygen atoms in total. The van der Waals surface area contributed by atoms with E-state index in [-0.39, 0.29) is 24.3 Å². The third kappa shape index (κ3) is 5.57. The van der Waals surface area contributed by atoms with Gasteiger partial charge in [-0.2, -0.15) is 5.26 Å². The molecule has 0 bridgehead atoms. The van der Waals surface area contributed by atoms with E-state index in [0.29, 0.717) is 31.0 Å². The smallest absolute Gasteiger partial charge is 0.236 e. The second kappa shape index (κ2) is 8.54. The van der Waals surface area contributed by atoms with Crippen LogP contribution < -0.4 is 5.32 Å². The molecule has 2 rings (SSSR count). The number of nitrogens with one attached hydrogen (secondary N) is 1. The van der Waals surface area contributed by atoms with Gasteiger partial charge in [0.2, 0.25) is 11.8 Å². The number of nitriles is 1. The van der Waals surface area contributed by atoms with Crippen molar-refractivity contribution < 1.29 is 9.59 Å². The molecule has 0 spiro atoms. The van der Waals surface area contributed by atoms with Crippen molar-refractivity contribution in [2.24, 2.45) is 0 Å². The van der Waals surface area contributed by atoms with Crippen LogP contribution in [0.15, 0.2) is 24.3 Å². The maximum absolute atomic E-state index is 12.0. The second-order valence-corrected chi connectivity index (χ2v) is 6.12. The fraction of sp³-hybridized carbons (Fsp3) is 0.471. The summed E-state index contributed by atoms with van der Waals surface area (Å²) >= 11 is 5.83. The van der Waals surface area contributed by atoms with Gasteiger partial charge in [-0.25, -0.2) is 0 Å². The molecule has 1 aromatic rings. The predicted octanol–water partition coefficient (Wildman–Crippen LogP) is 2.29. The fourth-order valence-electron chi connectivity index (χ4n) is 2.66. The van der Waals surface area contributed by atoms with Gasteiger partial charge in [0, 0.05) is 30.6 Å². The highest BCUT2D eigenvalue weighted by molar-refractivity contribution is 6.30. The van der Waals surface area contributed by atoms with Crippen LogP contribution in [-0.4, -0.2) is 35.8 Å². The van der Waals surface area contributed by atoms with Crippen molar-refractivity contribution in [3.05, 3.63) is 34.9 Å². The largest absolute Gasteiger partial charge is 0.353 e. The third-order valence-corrected chi connectivity index (χ3v) is 4.25. The molecule has 1 aliphatic heterocycles. The number of amides is 2. The monoisotopic (exact) mass is 333 g/mol. The SMILES string of the molecule is N#CCC(=O)N1CCC(NC(=O)CCc2ccc(Cl)cc2)CC1. The number of aryl methyl sites for hydroxylation is 1. The molecule has 0 radical (unpaired) electrons. The van der Waals surface area contributed by atoms with Gasteiger partial charge >= 0.3 is 0 Å². The van der Waals surface area contributed by atoms with E-state index in [0.717, 1.165) is 18.4 Å². The van der Waals surface area contributed by atoms with Crippen molar-refractivity contribution in [1.29, 1.82) is 5.26 Å². The summed E-state index contributed by atoms with van der Waals surface area (Å²) in [6.07, 6.45) is 2.53. The number of likely N-dealkylation sites (tertiary alicyclic amines) is 1. The molecule has 1 fully saturated rings. The van der Waals surface area contributed by atoms with E-state index >= 15 is 0 Å². The van der Waals surface area contributed by atoms with Crippen molar-refractivity contribution in [3.63, 3.8) is 0 Å². The molecule has 1 aliphatic rings. The molecule has 1 N–H and O–H groups in total. The van der Waals surface area contributed by atoms with Gasteiger partial charge in [-0.05, 0) is 37.0 Å². The molecule has 1 heterocycles. The minimum Gasteiger partial charge on any atom is -0.353 e. The van der Waals surface area contributed by atoms with E-state index in [9.17, 15) is 9.59 Å². The lowest BCUT2D eigenvalue weighted by Gasteiger charge is -2.32. The van der Waals surface area contributed by atoms with Gasteiger partial charge < -0.3 is 10.2 Å². The van der Waals surface area contributed by atoms with Gasteiger partial charge in [-0.1, -0.05) is 23.7 Å². The number of nitrogens with zero attached hydrogens (tertiary/aromatic N) is 2. The van der Waals surface area contributed by atoms with Gasteiger partial charge in [-0.15, -0.1) is 0 Å². The van der Waals surface area contributed by atoms with Crippen LogP contribution in [0.25, 0.3) is 0 Å². The quantitative estimate of drug-likeness (QED) is 0.898. The Hall–Kier alpha value is -2.06. The molecular weight excluding hydrogens is 314 g/mol. The number of piperidine rings is 1. The topological polar surface area (TPSA) is 73.2 Å². The van der Waals surface area contributed by atoms with Crippen molar-refractivity contribution >= 4 is 23.4 Å². The van der Waals surface area contributed by atoms with E-state index in [1.807, 2.05) is 30.3 Å². The summed E-state index contributed by atoms with van der Waals surface area (Å²) in [5.74, 6) is -0.0956.